The van der Waals surface area contributed by atoms with E-state index in [4.69, 9.17) is 0 Å². The van der Waals surface area contributed by atoms with Crippen molar-refractivity contribution in [2.75, 3.05) is 12.3 Å². The van der Waals surface area contributed by atoms with Crippen LogP contribution in [0, 0.1) is 0 Å². The van der Waals surface area contributed by atoms with Crippen LogP contribution in [0.15, 0.2) is 0 Å². The predicted octanol–water partition coefficient (Wildman–Crippen LogP) is 4.27. The van der Waals surface area contributed by atoms with Gasteiger partial charge in [0.2, 0.25) is 0 Å². The fourth-order valence-corrected chi connectivity index (χ4v) is 9.16. The predicted molar refractivity (Wildman–Crippen MR) is 70.8 cm³/mol. The Bertz CT molecular complexity index is 189. The largest absolute Gasteiger partial charge is 0.118 e. The Balaban J connectivity index is 2.02. The summed E-state index contributed by atoms with van der Waals surface area (Å²) in [6.45, 7) is 7.44. The molecule has 4 atom stereocenters. The lowest BCUT2D eigenvalue weighted by Crippen LogP contribution is -2.23. The van der Waals surface area contributed by atoms with E-state index in [1.54, 1.807) is 25.2 Å². The van der Waals surface area contributed by atoms with Crippen LogP contribution in [0.5, 0.6) is 0 Å². The van der Waals surface area contributed by atoms with Crippen LogP contribution in [0.3, 0.4) is 0 Å². The molecule has 2 rings (SSSR count). The molecule has 0 amide bonds. The molecule has 2 saturated heterocycles. The van der Waals surface area contributed by atoms with Crippen LogP contribution in [0.25, 0.3) is 0 Å². The van der Waals surface area contributed by atoms with Crippen LogP contribution in [0.2, 0.25) is 0 Å². The first-order valence-electron chi connectivity index (χ1n) is 6.09. The van der Waals surface area contributed by atoms with Crippen LogP contribution < -0.4 is 0 Å². The minimum atomic E-state index is 0.346. The van der Waals surface area contributed by atoms with Crippen molar-refractivity contribution in [2.45, 2.75) is 62.9 Å². The maximum absolute atomic E-state index is 2.48. The molecule has 0 aliphatic carbocycles. The zero-order chi connectivity index (χ0) is 10.2. The maximum atomic E-state index is 2.48. The lowest BCUT2D eigenvalue weighted by atomic mass is 10.1. The Hall–Kier alpha value is 0.860. The lowest BCUT2D eigenvalue weighted by molar-refractivity contribution is 0.684. The molecule has 82 valence electrons. The second kappa shape index (κ2) is 4.39. The van der Waals surface area contributed by atoms with Crippen molar-refractivity contribution in [3.05, 3.63) is 0 Å². The van der Waals surface area contributed by atoms with Gasteiger partial charge in [0.15, 0.2) is 0 Å². The lowest BCUT2D eigenvalue weighted by Gasteiger charge is -2.36. The van der Waals surface area contributed by atoms with E-state index < -0.39 is 0 Å². The highest BCUT2D eigenvalue weighted by atomic mass is 31.1. The summed E-state index contributed by atoms with van der Waals surface area (Å²) in [5.74, 6) is 0. The van der Waals surface area contributed by atoms with E-state index in [0.29, 0.717) is 13.1 Å². The first kappa shape index (κ1) is 11.3. The first-order chi connectivity index (χ1) is 6.59. The van der Waals surface area contributed by atoms with Crippen LogP contribution in [0.4, 0.5) is 0 Å². The average Bonchev–Trinajstić information content (AvgIpc) is 2.73. The van der Waals surface area contributed by atoms with E-state index in [1.165, 1.54) is 21.4 Å². The third kappa shape index (κ3) is 2.33. The molecule has 2 heterocycles. The normalized spacial score (nSPS) is 40.9. The molecular formula is C12H24P2. The first-order valence-corrected chi connectivity index (χ1v) is 8.97. The van der Waals surface area contributed by atoms with Crippen molar-refractivity contribution in [3.8, 4) is 0 Å². The zero-order valence-corrected chi connectivity index (χ0v) is 11.7. The zero-order valence-electron chi connectivity index (χ0n) is 9.84. The highest BCUT2D eigenvalue weighted by Gasteiger charge is 2.39. The van der Waals surface area contributed by atoms with E-state index in [9.17, 15) is 0 Å². The van der Waals surface area contributed by atoms with Crippen LogP contribution >= 0.6 is 16.5 Å². The quantitative estimate of drug-likeness (QED) is 0.590. The molecule has 2 aliphatic heterocycles. The third-order valence-electron chi connectivity index (χ3n) is 3.72. The SMILES string of the molecule is CC(C)(C)P1CCCC1C1CCCP1. The second-order valence-corrected chi connectivity index (χ2v) is 10.8. The highest BCUT2D eigenvalue weighted by Crippen LogP contribution is 2.63. The molecule has 2 fully saturated rings. The van der Waals surface area contributed by atoms with Gasteiger partial charge in [0.25, 0.3) is 0 Å². The molecule has 4 unspecified atom stereocenters. The number of hydrogen-bond acceptors (Lipinski definition) is 0. The smallest absolute Gasteiger partial charge is 0.0139 e. The van der Waals surface area contributed by atoms with Gasteiger partial charge in [-0.15, -0.1) is 8.58 Å². The molecule has 0 aromatic heterocycles. The Morgan fingerprint density at radius 3 is 2.50 bits per heavy atom. The van der Waals surface area contributed by atoms with Gasteiger partial charge in [0.05, 0.1) is 0 Å². The summed E-state index contributed by atoms with van der Waals surface area (Å²) < 4.78 is 0. The maximum Gasteiger partial charge on any atom is -0.0139 e. The monoisotopic (exact) mass is 230 g/mol. The van der Waals surface area contributed by atoms with Crippen molar-refractivity contribution in [1.29, 1.82) is 0 Å². The molecule has 14 heavy (non-hydrogen) atoms. The standard InChI is InChI=1S/C12H24P2/c1-12(2,3)14-9-5-7-11(14)10-6-4-8-13-10/h10-11,13H,4-9H2,1-3H3. The summed E-state index contributed by atoms with van der Waals surface area (Å²) in [5, 5.41) is 0.629. The van der Waals surface area contributed by atoms with Gasteiger partial charge < -0.3 is 0 Å². The van der Waals surface area contributed by atoms with Crippen LogP contribution in [0.1, 0.15) is 46.5 Å². The molecule has 0 N–H and O–H groups in total. The van der Waals surface area contributed by atoms with E-state index in [-0.39, 0.29) is 0 Å². The van der Waals surface area contributed by atoms with Crippen molar-refractivity contribution in [3.63, 3.8) is 0 Å². The Labute approximate surface area is 92.2 Å². The van der Waals surface area contributed by atoms with Gasteiger partial charge in [0.1, 0.15) is 0 Å². The summed E-state index contributed by atoms with van der Waals surface area (Å²) in [6.07, 6.45) is 9.33. The molecule has 0 spiro atoms. The fourth-order valence-electron chi connectivity index (χ4n) is 3.08. The molecule has 0 aromatic rings. The van der Waals surface area contributed by atoms with E-state index >= 15 is 0 Å². The van der Waals surface area contributed by atoms with Crippen molar-refractivity contribution in [1.82, 2.24) is 0 Å². The van der Waals surface area contributed by atoms with Gasteiger partial charge in [-0.2, -0.15) is 0 Å². The van der Waals surface area contributed by atoms with Crippen LogP contribution in [-0.2, 0) is 0 Å². The van der Waals surface area contributed by atoms with Gasteiger partial charge in [-0.1, -0.05) is 28.7 Å². The van der Waals surface area contributed by atoms with E-state index in [0.717, 1.165) is 11.3 Å². The number of rotatable bonds is 1. The topological polar surface area (TPSA) is 0 Å². The second-order valence-electron chi connectivity index (χ2n) is 5.78. The van der Waals surface area contributed by atoms with E-state index in [1.807, 2.05) is 0 Å². The number of hydrogen-bond donors (Lipinski definition) is 0. The molecular weight excluding hydrogens is 206 g/mol. The summed E-state index contributed by atoms with van der Waals surface area (Å²) in [6, 6.07) is 0. The van der Waals surface area contributed by atoms with E-state index in [2.05, 4.69) is 20.8 Å². The fraction of sp³-hybridized carbons (Fsp3) is 1.00. The Morgan fingerprint density at radius 1 is 1.14 bits per heavy atom. The minimum absolute atomic E-state index is 0.346. The molecule has 2 heteroatoms. The Kier molecular flexibility index (Phi) is 3.56. The van der Waals surface area contributed by atoms with Crippen molar-refractivity contribution in [2.24, 2.45) is 0 Å². The third-order valence-corrected chi connectivity index (χ3v) is 9.80. The van der Waals surface area contributed by atoms with Crippen molar-refractivity contribution < 1.29 is 0 Å². The van der Waals surface area contributed by atoms with Gasteiger partial charge in [0, 0.05) is 0 Å². The van der Waals surface area contributed by atoms with Gasteiger partial charge in [-0.25, -0.2) is 0 Å². The van der Waals surface area contributed by atoms with Gasteiger partial charge in [-0.3, -0.25) is 0 Å². The van der Waals surface area contributed by atoms with Crippen molar-refractivity contribution >= 4 is 16.5 Å². The minimum Gasteiger partial charge on any atom is -0.118 e. The van der Waals surface area contributed by atoms with Gasteiger partial charge >= 0.3 is 0 Å². The van der Waals surface area contributed by atoms with Crippen LogP contribution in [-0.4, -0.2) is 28.8 Å². The summed E-state index contributed by atoms with van der Waals surface area (Å²) in [7, 11) is 1.66. The molecule has 0 aromatic carbocycles. The molecule has 0 nitrogen and oxygen atoms in total. The summed E-state index contributed by atoms with van der Waals surface area (Å²) in [4.78, 5) is 0. The molecule has 2 aliphatic rings. The molecule has 0 bridgehead atoms. The average molecular weight is 230 g/mol. The Morgan fingerprint density at radius 2 is 1.93 bits per heavy atom. The molecule has 0 saturated carbocycles. The van der Waals surface area contributed by atoms with Gasteiger partial charge in [-0.05, 0) is 54.5 Å². The summed E-state index contributed by atoms with van der Waals surface area (Å²) in [5.41, 5.74) is 2.31. The molecule has 0 radical (unpaired) electrons. The highest BCUT2D eigenvalue weighted by molar-refractivity contribution is 7.61. The summed E-state index contributed by atoms with van der Waals surface area (Å²) >= 11 is 0.